The van der Waals surface area contributed by atoms with Gasteiger partial charge in [0.2, 0.25) is 0 Å². The molecule has 262 valence electrons. The monoisotopic (exact) mass is 642 g/mol. The van der Waals surface area contributed by atoms with E-state index in [1.807, 2.05) is 41.5 Å². The van der Waals surface area contributed by atoms with E-state index in [1.54, 1.807) is 6.92 Å². The lowest BCUT2D eigenvalue weighted by atomic mass is 10.1. The first kappa shape index (κ1) is 40.0. The molecule has 1 aliphatic heterocycles. The molecule has 45 heavy (non-hydrogen) atoms. The van der Waals surface area contributed by atoms with Crippen LogP contribution in [0.25, 0.3) is 0 Å². The number of quaternary nitrogens is 1. The van der Waals surface area contributed by atoms with Gasteiger partial charge in [-0.05, 0) is 55.4 Å². The summed E-state index contributed by atoms with van der Waals surface area (Å²) in [6, 6.07) is 10.7. The lowest BCUT2D eigenvalue weighted by molar-refractivity contribution is -0.950. The van der Waals surface area contributed by atoms with Crippen LogP contribution >= 0.6 is 0 Å². The molecule has 0 spiro atoms. The fourth-order valence-electron chi connectivity index (χ4n) is 5.10. The molecule has 1 fully saturated rings. The molecular weight excluding hydrogens is 578 g/mol. The first-order valence-electron chi connectivity index (χ1n) is 16.9. The maximum atomic E-state index is 9.31. The third-order valence-electron chi connectivity index (χ3n) is 7.74. The van der Waals surface area contributed by atoms with Gasteiger partial charge in [-0.1, -0.05) is 30.3 Å². The molecule has 0 saturated carbocycles. The van der Waals surface area contributed by atoms with E-state index in [0.717, 1.165) is 43.9 Å². The predicted molar refractivity (Wildman–Crippen MR) is 175 cm³/mol. The number of ether oxygens (including phenoxy) is 8. The maximum absolute atomic E-state index is 9.31. The molecule has 0 radical (unpaired) electrons. The van der Waals surface area contributed by atoms with Crippen LogP contribution in [0.2, 0.25) is 0 Å². The van der Waals surface area contributed by atoms with Crippen molar-refractivity contribution >= 4 is 0 Å². The van der Waals surface area contributed by atoms with E-state index >= 15 is 0 Å². The Hall–Kier alpha value is -1.18. The summed E-state index contributed by atoms with van der Waals surface area (Å²) in [6.07, 6.45) is -0.709. The Morgan fingerprint density at radius 3 is 1.29 bits per heavy atom. The van der Waals surface area contributed by atoms with Crippen molar-refractivity contribution in [1.82, 2.24) is 0 Å². The summed E-state index contributed by atoms with van der Waals surface area (Å²) in [7, 11) is 0. The molecule has 0 unspecified atom stereocenters. The van der Waals surface area contributed by atoms with E-state index in [-0.39, 0.29) is 42.7 Å². The van der Waals surface area contributed by atoms with Gasteiger partial charge < -0.3 is 47.5 Å². The summed E-state index contributed by atoms with van der Waals surface area (Å²) in [5.41, 5.74) is 1.36. The Morgan fingerprint density at radius 1 is 0.556 bits per heavy atom. The second-order valence-corrected chi connectivity index (χ2v) is 13.1. The van der Waals surface area contributed by atoms with Crippen LogP contribution in [0.15, 0.2) is 30.3 Å². The Balaban J connectivity index is 1.55. The van der Waals surface area contributed by atoms with Crippen molar-refractivity contribution in [2.75, 3.05) is 79.1 Å². The van der Waals surface area contributed by atoms with Crippen LogP contribution in [-0.2, 0) is 44.4 Å². The van der Waals surface area contributed by atoms with Crippen molar-refractivity contribution in [3.63, 3.8) is 0 Å². The molecule has 0 amide bonds. The van der Waals surface area contributed by atoms with Crippen molar-refractivity contribution in [1.29, 1.82) is 0 Å². The Labute approximate surface area is 273 Å². The van der Waals surface area contributed by atoms with Gasteiger partial charge >= 0.3 is 0 Å². The van der Waals surface area contributed by atoms with Gasteiger partial charge in [0, 0.05) is 5.56 Å². The molecular formula is C35H64NO9+. The molecule has 1 saturated heterocycles. The average Bonchev–Trinajstić information content (AvgIpc) is 3.02. The molecule has 0 aromatic heterocycles. The second kappa shape index (κ2) is 22.4. The van der Waals surface area contributed by atoms with Crippen LogP contribution in [0, 0.1) is 0 Å². The van der Waals surface area contributed by atoms with E-state index in [9.17, 15) is 5.11 Å². The van der Waals surface area contributed by atoms with E-state index in [4.69, 9.17) is 37.9 Å². The summed E-state index contributed by atoms with van der Waals surface area (Å²) < 4.78 is 48.0. The number of benzene rings is 1. The molecule has 10 heteroatoms. The second-order valence-electron chi connectivity index (χ2n) is 13.1. The molecule has 10 nitrogen and oxygen atoms in total. The fourth-order valence-corrected chi connectivity index (χ4v) is 5.10. The van der Waals surface area contributed by atoms with Gasteiger partial charge in [0.1, 0.15) is 32.3 Å². The van der Waals surface area contributed by atoms with Crippen LogP contribution in [0.1, 0.15) is 61.0 Å². The first-order valence-corrected chi connectivity index (χ1v) is 16.9. The summed E-state index contributed by atoms with van der Waals surface area (Å²) in [5.74, 6) is 0. The number of nitrogens with zero attached hydrogens (tertiary/aromatic N) is 1. The minimum atomic E-state index is -0.479. The van der Waals surface area contributed by atoms with Crippen LogP contribution in [0.4, 0.5) is 0 Å². The average molecular weight is 643 g/mol. The van der Waals surface area contributed by atoms with E-state index in [0.29, 0.717) is 46.2 Å². The third kappa shape index (κ3) is 18.7. The molecule has 2 rings (SSSR count). The van der Waals surface area contributed by atoms with Gasteiger partial charge in [0.15, 0.2) is 0 Å². The highest BCUT2D eigenvalue weighted by Crippen LogP contribution is 2.19. The standard InChI is InChI=1S/C35H64NO9/c1-27(37)20-39-29(3)22-41-31(5)24-43-33(7)26-45-34(8)25-44-32(6)23-42-30(4)21-40-28(2)18-36(14-16-38-17-15-36)19-35-12-10-9-11-13-35/h9-13,27-34,37H,14-26H2,1-8H3/q+1/t27-,28+,29-,30+,31-,32-,33-,34-/m1/s1. The van der Waals surface area contributed by atoms with E-state index in [2.05, 4.69) is 37.3 Å². The first-order chi connectivity index (χ1) is 21.5. The normalized spacial score (nSPS) is 20.6. The van der Waals surface area contributed by atoms with Gasteiger partial charge in [-0.2, -0.15) is 0 Å². The Kier molecular flexibility index (Phi) is 19.9. The number of aliphatic hydroxyl groups excluding tert-OH is 1. The number of rotatable bonds is 25. The lowest BCUT2D eigenvalue weighted by Crippen LogP contribution is -2.57. The zero-order chi connectivity index (χ0) is 33.1. The van der Waals surface area contributed by atoms with Crippen LogP contribution in [0.3, 0.4) is 0 Å². The summed E-state index contributed by atoms with van der Waals surface area (Å²) in [6.45, 7) is 24.6. The molecule has 1 aliphatic rings. The van der Waals surface area contributed by atoms with Crippen molar-refractivity contribution in [2.24, 2.45) is 0 Å². The molecule has 8 atom stereocenters. The van der Waals surface area contributed by atoms with Crippen LogP contribution in [0.5, 0.6) is 0 Å². The highest BCUT2D eigenvalue weighted by molar-refractivity contribution is 5.13. The predicted octanol–water partition coefficient (Wildman–Crippen LogP) is 4.25. The molecule has 1 aromatic carbocycles. The molecule has 0 aliphatic carbocycles. The Morgan fingerprint density at radius 2 is 0.911 bits per heavy atom. The van der Waals surface area contributed by atoms with Crippen LogP contribution < -0.4 is 0 Å². The van der Waals surface area contributed by atoms with Crippen LogP contribution in [-0.4, -0.2) is 138 Å². The van der Waals surface area contributed by atoms with Crippen molar-refractivity contribution < 1.29 is 47.5 Å². The highest BCUT2D eigenvalue weighted by atomic mass is 16.6. The van der Waals surface area contributed by atoms with Gasteiger partial charge in [-0.25, -0.2) is 0 Å². The zero-order valence-corrected chi connectivity index (χ0v) is 29.4. The minimum Gasteiger partial charge on any atom is -0.391 e. The third-order valence-corrected chi connectivity index (χ3v) is 7.74. The SMILES string of the molecule is C[C@H](CO[C@H](C)CO[C@H](C)CO[C@@H](C)CO[C@@H](C)C[N+]1(Cc2ccccc2)CCOCC1)OC[C@@H](C)OC[C@@H](C)OC[C@@H](C)O. The number of hydrogen-bond acceptors (Lipinski definition) is 9. The summed E-state index contributed by atoms with van der Waals surface area (Å²) >= 11 is 0. The smallest absolute Gasteiger partial charge is 0.105 e. The number of morpholine rings is 1. The van der Waals surface area contributed by atoms with E-state index < -0.39 is 6.10 Å². The zero-order valence-electron chi connectivity index (χ0n) is 29.4. The molecule has 1 heterocycles. The molecule has 1 aromatic rings. The molecule has 1 N–H and O–H groups in total. The largest absolute Gasteiger partial charge is 0.391 e. The van der Waals surface area contributed by atoms with Crippen molar-refractivity contribution in [3.05, 3.63) is 35.9 Å². The summed E-state index contributed by atoms with van der Waals surface area (Å²) in [4.78, 5) is 0. The highest BCUT2D eigenvalue weighted by Gasteiger charge is 2.33. The van der Waals surface area contributed by atoms with Gasteiger partial charge in [0.25, 0.3) is 0 Å². The van der Waals surface area contributed by atoms with Gasteiger partial charge in [-0.15, -0.1) is 0 Å². The van der Waals surface area contributed by atoms with Crippen molar-refractivity contribution in [2.45, 2.75) is 111 Å². The maximum Gasteiger partial charge on any atom is 0.105 e. The topological polar surface area (TPSA) is 94.1 Å². The fraction of sp³-hybridized carbons (Fsp3) is 0.829. The summed E-state index contributed by atoms with van der Waals surface area (Å²) in [5, 5.41) is 9.31. The number of aliphatic hydroxyl groups is 1. The minimum absolute atomic E-state index is 0.0243. The van der Waals surface area contributed by atoms with Gasteiger partial charge in [-0.3, -0.25) is 0 Å². The van der Waals surface area contributed by atoms with Gasteiger partial charge in [0.05, 0.1) is 102 Å². The Bertz CT molecular complexity index is 855. The lowest BCUT2D eigenvalue weighted by Gasteiger charge is -2.43. The number of hydrogen-bond donors (Lipinski definition) is 1. The van der Waals surface area contributed by atoms with E-state index in [1.165, 1.54) is 5.56 Å². The quantitative estimate of drug-likeness (QED) is 0.157. The van der Waals surface area contributed by atoms with Crippen molar-refractivity contribution in [3.8, 4) is 0 Å². The molecule has 0 bridgehead atoms.